The average molecular weight is 406 g/mol. The van der Waals surface area contributed by atoms with Crippen molar-refractivity contribution in [3.63, 3.8) is 0 Å². The third kappa shape index (κ3) is 5.31. The van der Waals surface area contributed by atoms with Gasteiger partial charge in [0.2, 0.25) is 6.79 Å². The van der Waals surface area contributed by atoms with Crippen molar-refractivity contribution in [2.45, 2.75) is 26.4 Å². The van der Waals surface area contributed by atoms with Crippen LogP contribution >= 0.6 is 0 Å². The number of aliphatic imine (C=N–C) groups is 1. The first-order valence-corrected chi connectivity index (χ1v) is 10.2. The molecule has 2 N–H and O–H groups in total. The van der Waals surface area contributed by atoms with Gasteiger partial charge in [0.15, 0.2) is 17.5 Å². The molecule has 0 saturated heterocycles. The summed E-state index contributed by atoms with van der Waals surface area (Å²) in [5.41, 5.74) is 3.63. The number of guanidine groups is 1. The zero-order valence-corrected chi connectivity index (χ0v) is 17.2. The number of benzene rings is 2. The summed E-state index contributed by atoms with van der Waals surface area (Å²) in [4.78, 5) is 8.79. The predicted octanol–water partition coefficient (Wildman–Crippen LogP) is 2.96. The minimum Gasteiger partial charge on any atom is -0.454 e. The maximum Gasteiger partial charge on any atom is 0.231 e. The number of hydrogen-bond donors (Lipinski definition) is 2. The van der Waals surface area contributed by atoms with Crippen molar-refractivity contribution in [1.29, 1.82) is 0 Å². The van der Waals surface area contributed by atoms with Gasteiger partial charge in [-0.05, 0) is 42.2 Å². The molecule has 7 nitrogen and oxygen atoms in total. The molecule has 1 aliphatic rings. The fraction of sp³-hybridized carbons (Fsp3) is 0.304. The van der Waals surface area contributed by atoms with Crippen molar-refractivity contribution in [2.24, 2.45) is 4.99 Å². The van der Waals surface area contributed by atoms with E-state index in [2.05, 4.69) is 57.4 Å². The summed E-state index contributed by atoms with van der Waals surface area (Å²) in [5.74, 6) is 2.46. The van der Waals surface area contributed by atoms with Crippen molar-refractivity contribution < 1.29 is 9.47 Å². The van der Waals surface area contributed by atoms with E-state index < -0.39 is 0 Å². The molecule has 0 fully saturated rings. The second-order valence-electron chi connectivity index (χ2n) is 7.11. The monoisotopic (exact) mass is 405 g/mol. The van der Waals surface area contributed by atoms with Gasteiger partial charge in [-0.2, -0.15) is 0 Å². The van der Waals surface area contributed by atoms with Crippen molar-refractivity contribution >= 4 is 5.96 Å². The van der Waals surface area contributed by atoms with Crippen LogP contribution in [0, 0.1) is 0 Å². The van der Waals surface area contributed by atoms with E-state index in [1.165, 1.54) is 16.7 Å². The number of rotatable bonds is 8. The molecule has 1 aliphatic heterocycles. The van der Waals surface area contributed by atoms with Crippen LogP contribution in [-0.4, -0.2) is 35.4 Å². The zero-order chi connectivity index (χ0) is 20.6. The first-order valence-electron chi connectivity index (χ1n) is 10.2. The normalized spacial score (nSPS) is 12.8. The van der Waals surface area contributed by atoms with E-state index in [-0.39, 0.29) is 0 Å². The summed E-state index contributed by atoms with van der Waals surface area (Å²) in [5, 5.41) is 6.71. The number of aromatic nitrogens is 2. The Labute approximate surface area is 176 Å². The Morgan fingerprint density at radius 2 is 1.83 bits per heavy atom. The van der Waals surface area contributed by atoms with Crippen LogP contribution in [0.15, 0.2) is 66.2 Å². The lowest BCUT2D eigenvalue weighted by Crippen LogP contribution is -2.38. The van der Waals surface area contributed by atoms with Gasteiger partial charge in [0, 0.05) is 32.0 Å². The van der Waals surface area contributed by atoms with Crippen LogP contribution in [0.5, 0.6) is 11.5 Å². The van der Waals surface area contributed by atoms with Crippen molar-refractivity contribution in [1.82, 2.24) is 20.2 Å². The Bertz CT molecular complexity index is 968. The van der Waals surface area contributed by atoms with Crippen LogP contribution in [0.25, 0.3) is 0 Å². The van der Waals surface area contributed by atoms with Crippen molar-refractivity contribution in [2.75, 3.05) is 19.9 Å². The molecule has 2 aromatic carbocycles. The molecule has 30 heavy (non-hydrogen) atoms. The van der Waals surface area contributed by atoms with E-state index in [0.29, 0.717) is 13.3 Å². The van der Waals surface area contributed by atoms with Gasteiger partial charge < -0.3 is 24.7 Å². The second kappa shape index (κ2) is 9.82. The lowest BCUT2D eigenvalue weighted by molar-refractivity contribution is 0.174. The minimum atomic E-state index is 0.304. The van der Waals surface area contributed by atoms with Crippen molar-refractivity contribution in [3.05, 3.63) is 77.9 Å². The number of nitrogens with one attached hydrogen (secondary N) is 2. The highest BCUT2D eigenvalue weighted by Crippen LogP contribution is 2.32. The van der Waals surface area contributed by atoms with Gasteiger partial charge in [0.25, 0.3) is 0 Å². The lowest BCUT2D eigenvalue weighted by atomic mass is 10.1. The Morgan fingerprint density at radius 3 is 2.63 bits per heavy atom. The average Bonchev–Trinajstić information content (AvgIpc) is 3.44. The summed E-state index contributed by atoms with van der Waals surface area (Å²) < 4.78 is 12.9. The van der Waals surface area contributed by atoms with E-state index in [9.17, 15) is 0 Å². The highest BCUT2D eigenvalue weighted by molar-refractivity contribution is 5.79. The molecule has 0 spiro atoms. The molecule has 4 rings (SSSR count). The number of ether oxygens (including phenoxy) is 2. The highest BCUT2D eigenvalue weighted by Gasteiger charge is 2.12. The summed E-state index contributed by atoms with van der Waals surface area (Å²) in [7, 11) is 0. The molecule has 0 amide bonds. The third-order valence-electron chi connectivity index (χ3n) is 4.85. The highest BCUT2D eigenvalue weighted by atomic mass is 16.7. The third-order valence-corrected chi connectivity index (χ3v) is 4.85. The summed E-state index contributed by atoms with van der Waals surface area (Å²) in [6, 6.07) is 14.6. The Morgan fingerprint density at radius 1 is 1.03 bits per heavy atom. The number of fused-ring (bicyclic) bond motifs is 1. The molecule has 1 aromatic heterocycles. The van der Waals surface area contributed by atoms with Gasteiger partial charge in [0.05, 0.1) is 12.9 Å². The molecule has 0 radical (unpaired) electrons. The van der Waals surface area contributed by atoms with E-state index >= 15 is 0 Å². The van der Waals surface area contributed by atoms with Crippen LogP contribution in [0.3, 0.4) is 0 Å². The van der Waals surface area contributed by atoms with Crippen LogP contribution in [-0.2, 0) is 19.5 Å². The first kappa shape index (κ1) is 19.8. The first-order chi connectivity index (χ1) is 14.8. The molecule has 0 saturated carbocycles. The second-order valence-corrected chi connectivity index (χ2v) is 7.11. The number of nitrogens with zero attached hydrogens (tertiary/aromatic N) is 3. The molecule has 7 heteroatoms. The standard InChI is InChI=1S/C23H27N5O2/c1-2-25-23(26-10-9-18-7-8-21-22(13-18)30-17-29-21)27-14-19-3-5-20(6-4-19)15-28-12-11-24-16-28/h3-8,11-13,16H,2,9-10,14-15,17H2,1H3,(H2,25,26,27). The molecule has 3 aromatic rings. The van der Waals surface area contributed by atoms with Gasteiger partial charge in [-0.15, -0.1) is 0 Å². The van der Waals surface area contributed by atoms with E-state index in [1.54, 1.807) is 6.20 Å². The van der Waals surface area contributed by atoms with E-state index in [0.717, 1.165) is 43.5 Å². The summed E-state index contributed by atoms with van der Waals surface area (Å²) in [6.45, 7) is 5.44. The molecule has 2 heterocycles. The fourth-order valence-electron chi connectivity index (χ4n) is 3.27. The molecule has 0 aliphatic carbocycles. The topological polar surface area (TPSA) is 72.7 Å². The SMILES string of the molecule is CCNC(=NCc1ccc(Cn2ccnc2)cc1)NCCc1ccc2c(c1)OCO2. The van der Waals surface area contributed by atoms with Crippen LogP contribution in [0.1, 0.15) is 23.6 Å². The minimum absolute atomic E-state index is 0.304. The Hall–Kier alpha value is -3.48. The van der Waals surface area contributed by atoms with Gasteiger partial charge in [-0.1, -0.05) is 30.3 Å². The van der Waals surface area contributed by atoms with Gasteiger partial charge in [0.1, 0.15) is 0 Å². The Kier molecular flexibility index (Phi) is 6.49. The van der Waals surface area contributed by atoms with E-state index in [1.807, 2.05) is 24.7 Å². The predicted molar refractivity (Wildman–Crippen MR) is 117 cm³/mol. The van der Waals surface area contributed by atoms with Gasteiger partial charge >= 0.3 is 0 Å². The largest absolute Gasteiger partial charge is 0.454 e. The quantitative estimate of drug-likeness (QED) is 0.445. The zero-order valence-electron chi connectivity index (χ0n) is 17.2. The van der Waals surface area contributed by atoms with E-state index in [4.69, 9.17) is 14.5 Å². The molecule has 0 atom stereocenters. The maximum absolute atomic E-state index is 5.45. The molecule has 0 unspecified atom stereocenters. The van der Waals surface area contributed by atoms with Crippen LogP contribution < -0.4 is 20.1 Å². The molecule has 156 valence electrons. The smallest absolute Gasteiger partial charge is 0.231 e. The Balaban J connectivity index is 1.28. The maximum atomic E-state index is 5.45. The molecular weight excluding hydrogens is 378 g/mol. The van der Waals surface area contributed by atoms with Crippen molar-refractivity contribution in [3.8, 4) is 11.5 Å². The summed E-state index contributed by atoms with van der Waals surface area (Å²) in [6.07, 6.45) is 6.47. The number of hydrogen-bond acceptors (Lipinski definition) is 4. The van der Waals surface area contributed by atoms with Gasteiger partial charge in [-0.25, -0.2) is 9.98 Å². The lowest BCUT2D eigenvalue weighted by Gasteiger charge is -2.12. The molecular formula is C23H27N5O2. The number of imidazole rings is 1. The summed E-state index contributed by atoms with van der Waals surface area (Å²) >= 11 is 0. The molecule has 0 bridgehead atoms. The van der Waals surface area contributed by atoms with Crippen LogP contribution in [0.2, 0.25) is 0 Å². The van der Waals surface area contributed by atoms with Crippen LogP contribution in [0.4, 0.5) is 0 Å². The van der Waals surface area contributed by atoms with Gasteiger partial charge in [-0.3, -0.25) is 0 Å². The fourth-order valence-corrected chi connectivity index (χ4v) is 3.27.